The molecule has 0 bridgehead atoms. The monoisotopic (exact) mass is 340 g/mol. The summed E-state index contributed by atoms with van der Waals surface area (Å²) in [4.78, 5) is 26.3. The molecule has 1 aromatic heterocycles. The molecule has 3 rings (SSSR count). The molecule has 1 aliphatic carbocycles. The largest absolute Gasteiger partial charge is 0.380 e. The van der Waals surface area contributed by atoms with Crippen LogP contribution in [0.3, 0.4) is 0 Å². The van der Waals surface area contributed by atoms with E-state index in [4.69, 9.17) is 0 Å². The van der Waals surface area contributed by atoms with Gasteiger partial charge < -0.3 is 20.9 Å². The van der Waals surface area contributed by atoms with E-state index in [9.17, 15) is 9.59 Å². The van der Waals surface area contributed by atoms with E-state index in [-0.39, 0.29) is 17.9 Å². The lowest BCUT2D eigenvalue weighted by Crippen LogP contribution is -2.43. The van der Waals surface area contributed by atoms with Crippen LogP contribution in [0.1, 0.15) is 31.2 Å². The van der Waals surface area contributed by atoms with Crippen LogP contribution in [0.4, 0.5) is 11.5 Å². The number of aromatic amines is 1. The normalized spacial score (nSPS) is 19.8. The van der Waals surface area contributed by atoms with Gasteiger partial charge in [-0.3, -0.25) is 9.59 Å². The highest BCUT2D eigenvalue weighted by molar-refractivity contribution is 5.93. The van der Waals surface area contributed by atoms with E-state index in [0.29, 0.717) is 12.2 Å². The highest BCUT2D eigenvalue weighted by Crippen LogP contribution is 2.26. The van der Waals surface area contributed by atoms with Gasteiger partial charge in [-0.15, -0.1) is 0 Å². The third-order valence-corrected chi connectivity index (χ3v) is 4.67. The van der Waals surface area contributed by atoms with E-state index in [1.54, 1.807) is 0 Å². The lowest BCUT2D eigenvalue weighted by atomic mass is 9.84. The number of aromatic nitrogens is 1. The summed E-state index contributed by atoms with van der Waals surface area (Å²) in [6.45, 7) is 0.722. The maximum atomic E-state index is 12.5. The van der Waals surface area contributed by atoms with Crippen LogP contribution in [-0.4, -0.2) is 23.3 Å². The van der Waals surface area contributed by atoms with Crippen molar-refractivity contribution < 1.29 is 9.59 Å². The summed E-state index contributed by atoms with van der Waals surface area (Å²) < 4.78 is 0. The van der Waals surface area contributed by atoms with Crippen molar-refractivity contribution in [1.29, 1.82) is 0 Å². The second-order valence-electron chi connectivity index (χ2n) is 6.41. The van der Waals surface area contributed by atoms with Gasteiger partial charge in [-0.1, -0.05) is 43.2 Å². The number of carbonyl (C=O) groups excluding carboxylic acids is 2. The molecule has 1 fully saturated rings. The van der Waals surface area contributed by atoms with Crippen molar-refractivity contribution in [2.24, 2.45) is 5.92 Å². The summed E-state index contributed by atoms with van der Waals surface area (Å²) >= 11 is 0. The number of rotatable bonds is 7. The first kappa shape index (κ1) is 17.1. The highest BCUT2D eigenvalue weighted by atomic mass is 16.2. The van der Waals surface area contributed by atoms with E-state index >= 15 is 0 Å². The van der Waals surface area contributed by atoms with Crippen molar-refractivity contribution in [3.8, 4) is 0 Å². The lowest BCUT2D eigenvalue weighted by Gasteiger charge is -2.29. The summed E-state index contributed by atoms with van der Waals surface area (Å²) in [6.07, 6.45) is 6.24. The van der Waals surface area contributed by atoms with Crippen molar-refractivity contribution in [3.05, 3.63) is 48.2 Å². The molecule has 0 aliphatic heterocycles. The second kappa shape index (κ2) is 8.37. The average Bonchev–Trinajstić information content (AvgIpc) is 3.09. The van der Waals surface area contributed by atoms with Gasteiger partial charge in [0, 0.05) is 24.8 Å². The number of H-pyrrole nitrogens is 1. The summed E-state index contributed by atoms with van der Waals surface area (Å²) in [5, 5.41) is 9.03. The number of benzene rings is 1. The Morgan fingerprint density at radius 1 is 1.20 bits per heavy atom. The third kappa shape index (κ3) is 4.62. The van der Waals surface area contributed by atoms with E-state index in [1.807, 2.05) is 30.5 Å². The van der Waals surface area contributed by atoms with Gasteiger partial charge in [-0.2, -0.15) is 0 Å². The molecule has 1 aromatic carbocycles. The van der Waals surface area contributed by atoms with Gasteiger partial charge in [0.05, 0.1) is 11.6 Å². The zero-order valence-electron chi connectivity index (χ0n) is 14.1. The van der Waals surface area contributed by atoms with Gasteiger partial charge >= 0.3 is 0 Å². The molecule has 132 valence electrons. The fourth-order valence-corrected chi connectivity index (χ4v) is 3.33. The molecule has 1 aliphatic rings. The van der Waals surface area contributed by atoms with Crippen LogP contribution in [0.25, 0.3) is 0 Å². The molecule has 2 unspecified atom stereocenters. The zero-order valence-corrected chi connectivity index (χ0v) is 14.1. The minimum atomic E-state index is -0.178. The molecule has 2 atom stereocenters. The van der Waals surface area contributed by atoms with Gasteiger partial charge in [0.1, 0.15) is 5.82 Å². The minimum Gasteiger partial charge on any atom is -0.380 e. The van der Waals surface area contributed by atoms with Crippen LogP contribution in [0.15, 0.2) is 42.6 Å². The molecular formula is C19H24N4O2. The van der Waals surface area contributed by atoms with Crippen LogP contribution < -0.4 is 16.0 Å². The first-order valence-corrected chi connectivity index (χ1v) is 8.73. The Morgan fingerprint density at radius 3 is 2.80 bits per heavy atom. The maximum Gasteiger partial charge on any atom is 0.230 e. The topological polar surface area (TPSA) is 86.0 Å². The Kier molecular flexibility index (Phi) is 5.72. The summed E-state index contributed by atoms with van der Waals surface area (Å²) in [7, 11) is 0. The molecule has 0 spiro atoms. The van der Waals surface area contributed by atoms with E-state index < -0.39 is 0 Å². The van der Waals surface area contributed by atoms with Gasteiger partial charge in [0.2, 0.25) is 12.3 Å². The predicted octanol–water partition coefficient (Wildman–Crippen LogP) is 2.87. The van der Waals surface area contributed by atoms with Crippen molar-refractivity contribution >= 4 is 23.8 Å². The molecule has 4 N–H and O–H groups in total. The number of nitrogens with one attached hydrogen (secondary N) is 4. The fraction of sp³-hybridized carbons (Fsp3) is 0.368. The number of hydrogen-bond acceptors (Lipinski definition) is 3. The first-order valence-electron chi connectivity index (χ1n) is 8.73. The fourth-order valence-electron chi connectivity index (χ4n) is 3.33. The Morgan fingerprint density at radius 2 is 2.00 bits per heavy atom. The number of hydrogen-bond donors (Lipinski definition) is 4. The highest BCUT2D eigenvalue weighted by Gasteiger charge is 2.30. The van der Waals surface area contributed by atoms with Crippen molar-refractivity contribution in [2.45, 2.75) is 38.3 Å². The Bertz CT molecular complexity index is 698. The van der Waals surface area contributed by atoms with Gasteiger partial charge in [0.25, 0.3) is 0 Å². The van der Waals surface area contributed by atoms with E-state index in [2.05, 4.69) is 33.1 Å². The maximum absolute atomic E-state index is 12.5. The first-order chi connectivity index (χ1) is 12.3. The quantitative estimate of drug-likeness (QED) is 0.585. The molecule has 1 heterocycles. The molecule has 0 radical (unpaired) electrons. The number of amides is 2. The Labute approximate surface area is 147 Å². The van der Waals surface area contributed by atoms with Gasteiger partial charge in [0.15, 0.2) is 0 Å². The molecule has 6 nitrogen and oxygen atoms in total. The van der Waals surface area contributed by atoms with Gasteiger partial charge in [-0.05, 0) is 18.4 Å². The number of carbonyl (C=O) groups is 2. The SMILES string of the molecule is O=CNC1CCCCC1C(=O)Nc1cc(NCc2ccccc2)c[nH]1. The van der Waals surface area contributed by atoms with Crippen LogP contribution in [0.2, 0.25) is 0 Å². The Hall–Kier alpha value is -2.76. The van der Waals surface area contributed by atoms with E-state index in [1.165, 1.54) is 5.56 Å². The van der Waals surface area contributed by atoms with Crippen LogP contribution >= 0.6 is 0 Å². The standard InChI is InChI=1S/C19H24N4O2/c24-13-22-17-9-5-4-8-16(17)19(25)23-18-10-15(12-21-18)20-11-14-6-2-1-3-7-14/h1-3,6-7,10,12-13,16-17,20-21H,4-5,8-9,11H2,(H,22,24)(H,23,25). The average molecular weight is 340 g/mol. The van der Waals surface area contributed by atoms with Crippen LogP contribution in [-0.2, 0) is 16.1 Å². The molecule has 6 heteroatoms. The molecule has 2 amide bonds. The van der Waals surface area contributed by atoms with E-state index in [0.717, 1.165) is 37.9 Å². The van der Waals surface area contributed by atoms with Crippen molar-refractivity contribution in [2.75, 3.05) is 10.6 Å². The Balaban J connectivity index is 1.55. The molecule has 25 heavy (non-hydrogen) atoms. The summed E-state index contributed by atoms with van der Waals surface area (Å²) in [5.74, 6) is 0.439. The molecular weight excluding hydrogens is 316 g/mol. The number of anilines is 2. The third-order valence-electron chi connectivity index (χ3n) is 4.67. The van der Waals surface area contributed by atoms with Crippen molar-refractivity contribution in [1.82, 2.24) is 10.3 Å². The summed E-state index contributed by atoms with van der Waals surface area (Å²) in [5.41, 5.74) is 2.12. The smallest absolute Gasteiger partial charge is 0.230 e. The predicted molar refractivity (Wildman–Crippen MR) is 98.1 cm³/mol. The van der Waals surface area contributed by atoms with Crippen LogP contribution in [0, 0.1) is 5.92 Å². The van der Waals surface area contributed by atoms with Crippen molar-refractivity contribution in [3.63, 3.8) is 0 Å². The second-order valence-corrected chi connectivity index (χ2v) is 6.41. The zero-order chi connectivity index (χ0) is 17.5. The minimum absolute atomic E-state index is 0.0458. The summed E-state index contributed by atoms with van der Waals surface area (Å²) in [6, 6.07) is 11.9. The van der Waals surface area contributed by atoms with Crippen LogP contribution in [0.5, 0.6) is 0 Å². The van der Waals surface area contributed by atoms with Gasteiger partial charge in [-0.25, -0.2) is 0 Å². The molecule has 1 saturated carbocycles. The molecule has 2 aromatic rings. The molecule has 0 saturated heterocycles. The lowest BCUT2D eigenvalue weighted by molar-refractivity contribution is -0.122.